The maximum atomic E-state index is 12.9. The SMILES string of the molecule is Cc1ccccc1CCCC(=O)NCC(C)(O)c1ccc(F)cc1. The van der Waals surface area contributed by atoms with Crippen LogP contribution in [0.5, 0.6) is 0 Å². The van der Waals surface area contributed by atoms with Gasteiger partial charge in [-0.3, -0.25) is 4.79 Å². The normalized spacial score (nSPS) is 13.3. The minimum absolute atomic E-state index is 0.0917. The van der Waals surface area contributed by atoms with Gasteiger partial charge in [-0.25, -0.2) is 4.39 Å². The molecule has 0 spiro atoms. The van der Waals surface area contributed by atoms with Crippen molar-refractivity contribution < 1.29 is 14.3 Å². The van der Waals surface area contributed by atoms with Gasteiger partial charge in [0.2, 0.25) is 5.91 Å². The van der Waals surface area contributed by atoms with Gasteiger partial charge in [0.05, 0.1) is 6.54 Å². The van der Waals surface area contributed by atoms with Crippen LogP contribution in [0.25, 0.3) is 0 Å². The third-order valence-corrected chi connectivity index (χ3v) is 4.21. The van der Waals surface area contributed by atoms with Gasteiger partial charge in [-0.15, -0.1) is 0 Å². The number of carbonyl (C=O) groups is 1. The first-order chi connectivity index (χ1) is 11.4. The fourth-order valence-corrected chi connectivity index (χ4v) is 2.60. The Labute approximate surface area is 142 Å². The molecule has 128 valence electrons. The average molecular weight is 329 g/mol. The van der Waals surface area contributed by atoms with E-state index in [-0.39, 0.29) is 18.3 Å². The van der Waals surface area contributed by atoms with Gasteiger partial charge in [0.15, 0.2) is 0 Å². The monoisotopic (exact) mass is 329 g/mol. The molecular weight excluding hydrogens is 305 g/mol. The molecular formula is C20H24FNO2. The van der Waals surface area contributed by atoms with E-state index in [1.807, 2.05) is 12.1 Å². The fourth-order valence-electron chi connectivity index (χ4n) is 2.60. The average Bonchev–Trinajstić information content (AvgIpc) is 2.55. The Morgan fingerprint density at radius 1 is 1.17 bits per heavy atom. The smallest absolute Gasteiger partial charge is 0.220 e. The zero-order valence-electron chi connectivity index (χ0n) is 14.2. The molecule has 0 aliphatic rings. The Kier molecular flexibility index (Phi) is 6.10. The molecule has 2 N–H and O–H groups in total. The number of nitrogens with one attached hydrogen (secondary N) is 1. The molecule has 0 aliphatic carbocycles. The van der Waals surface area contributed by atoms with Crippen LogP contribution in [0.3, 0.4) is 0 Å². The van der Waals surface area contributed by atoms with E-state index < -0.39 is 5.60 Å². The number of amides is 1. The van der Waals surface area contributed by atoms with Crippen LogP contribution in [0, 0.1) is 12.7 Å². The Morgan fingerprint density at radius 2 is 1.83 bits per heavy atom. The van der Waals surface area contributed by atoms with Crippen LogP contribution in [-0.4, -0.2) is 17.6 Å². The van der Waals surface area contributed by atoms with Gasteiger partial charge in [0, 0.05) is 6.42 Å². The summed E-state index contributed by atoms with van der Waals surface area (Å²) in [4.78, 5) is 12.0. The largest absolute Gasteiger partial charge is 0.384 e. The molecule has 4 heteroatoms. The molecule has 2 aromatic rings. The second-order valence-corrected chi connectivity index (χ2v) is 6.34. The Morgan fingerprint density at radius 3 is 2.50 bits per heavy atom. The van der Waals surface area contributed by atoms with Crippen LogP contribution < -0.4 is 5.32 Å². The molecule has 0 saturated heterocycles. The summed E-state index contributed by atoms with van der Waals surface area (Å²) in [5.41, 5.74) is 1.84. The van der Waals surface area contributed by atoms with E-state index in [1.165, 1.54) is 35.4 Å². The molecule has 1 amide bonds. The molecule has 0 fully saturated rings. The lowest BCUT2D eigenvalue weighted by Gasteiger charge is -2.24. The number of aryl methyl sites for hydroxylation is 2. The van der Waals surface area contributed by atoms with Crippen LogP contribution in [-0.2, 0) is 16.8 Å². The second kappa shape index (κ2) is 8.06. The van der Waals surface area contributed by atoms with Crippen molar-refractivity contribution >= 4 is 5.91 Å². The van der Waals surface area contributed by atoms with E-state index in [0.717, 1.165) is 12.8 Å². The van der Waals surface area contributed by atoms with Gasteiger partial charge in [-0.05, 0) is 55.5 Å². The highest BCUT2D eigenvalue weighted by molar-refractivity contribution is 5.75. The molecule has 1 unspecified atom stereocenters. The highest BCUT2D eigenvalue weighted by atomic mass is 19.1. The number of hydrogen-bond donors (Lipinski definition) is 2. The molecule has 0 saturated carbocycles. The summed E-state index contributed by atoms with van der Waals surface area (Å²) in [6.07, 6.45) is 2.03. The first-order valence-electron chi connectivity index (χ1n) is 8.18. The summed E-state index contributed by atoms with van der Waals surface area (Å²) in [6, 6.07) is 13.8. The van der Waals surface area contributed by atoms with Crippen molar-refractivity contribution in [2.45, 2.75) is 38.7 Å². The van der Waals surface area contributed by atoms with Crippen molar-refractivity contribution in [3.8, 4) is 0 Å². The van der Waals surface area contributed by atoms with Gasteiger partial charge in [0.25, 0.3) is 0 Å². The standard InChI is InChI=1S/C20H24FNO2/c1-15-6-3-4-7-16(15)8-5-9-19(23)22-14-20(2,24)17-10-12-18(21)13-11-17/h3-4,6-7,10-13,24H,5,8-9,14H2,1-2H3,(H,22,23). The third kappa shape index (κ3) is 5.17. The predicted octanol–water partition coefficient (Wildman–Crippen LogP) is 3.48. The summed E-state index contributed by atoms with van der Waals surface area (Å²) in [5, 5.41) is 13.2. The van der Waals surface area contributed by atoms with E-state index in [0.29, 0.717) is 12.0 Å². The molecule has 0 aromatic heterocycles. The van der Waals surface area contributed by atoms with Crippen molar-refractivity contribution in [3.63, 3.8) is 0 Å². The molecule has 0 heterocycles. The number of halogens is 1. The lowest BCUT2D eigenvalue weighted by Crippen LogP contribution is -2.38. The molecule has 0 bridgehead atoms. The predicted molar refractivity (Wildman–Crippen MR) is 93.1 cm³/mol. The first kappa shape index (κ1) is 18.1. The molecule has 0 aliphatic heterocycles. The maximum absolute atomic E-state index is 12.9. The molecule has 2 rings (SSSR count). The van der Waals surface area contributed by atoms with Gasteiger partial charge >= 0.3 is 0 Å². The summed E-state index contributed by atoms with van der Waals surface area (Å²) in [5.74, 6) is -0.444. The lowest BCUT2D eigenvalue weighted by molar-refractivity contribution is -0.122. The molecule has 1 atom stereocenters. The number of rotatable bonds is 7. The number of aliphatic hydroxyl groups is 1. The van der Waals surface area contributed by atoms with Crippen molar-refractivity contribution in [3.05, 3.63) is 71.0 Å². The van der Waals surface area contributed by atoms with E-state index in [9.17, 15) is 14.3 Å². The minimum atomic E-state index is -1.22. The number of benzene rings is 2. The molecule has 2 aromatic carbocycles. The van der Waals surface area contributed by atoms with E-state index in [4.69, 9.17) is 0 Å². The summed E-state index contributed by atoms with van der Waals surface area (Å²) in [6.45, 7) is 3.77. The van der Waals surface area contributed by atoms with E-state index in [1.54, 1.807) is 6.92 Å². The van der Waals surface area contributed by atoms with Crippen LogP contribution in [0.2, 0.25) is 0 Å². The van der Waals surface area contributed by atoms with Crippen LogP contribution in [0.4, 0.5) is 4.39 Å². The van der Waals surface area contributed by atoms with Crippen LogP contribution >= 0.6 is 0 Å². The molecule has 24 heavy (non-hydrogen) atoms. The first-order valence-corrected chi connectivity index (χ1v) is 8.18. The van der Waals surface area contributed by atoms with Crippen molar-refractivity contribution in [2.75, 3.05) is 6.54 Å². The van der Waals surface area contributed by atoms with Gasteiger partial charge in [-0.1, -0.05) is 36.4 Å². The number of carbonyl (C=O) groups excluding carboxylic acids is 1. The van der Waals surface area contributed by atoms with Gasteiger partial charge in [-0.2, -0.15) is 0 Å². The Bertz CT molecular complexity index is 680. The zero-order chi connectivity index (χ0) is 17.6. The van der Waals surface area contributed by atoms with E-state index >= 15 is 0 Å². The van der Waals surface area contributed by atoms with Gasteiger partial charge in [0.1, 0.15) is 11.4 Å². The number of hydrogen-bond acceptors (Lipinski definition) is 2. The minimum Gasteiger partial charge on any atom is -0.384 e. The second-order valence-electron chi connectivity index (χ2n) is 6.34. The summed E-state index contributed by atoms with van der Waals surface area (Å²) in [7, 11) is 0. The summed E-state index contributed by atoms with van der Waals surface area (Å²) < 4.78 is 12.9. The quantitative estimate of drug-likeness (QED) is 0.817. The van der Waals surface area contributed by atoms with Gasteiger partial charge < -0.3 is 10.4 Å². The topological polar surface area (TPSA) is 49.3 Å². The van der Waals surface area contributed by atoms with Crippen molar-refractivity contribution in [2.24, 2.45) is 0 Å². The zero-order valence-corrected chi connectivity index (χ0v) is 14.2. The third-order valence-electron chi connectivity index (χ3n) is 4.21. The highest BCUT2D eigenvalue weighted by Gasteiger charge is 2.23. The molecule has 0 radical (unpaired) electrons. The lowest BCUT2D eigenvalue weighted by atomic mass is 9.96. The van der Waals surface area contributed by atoms with Crippen LogP contribution in [0.15, 0.2) is 48.5 Å². The Hall–Kier alpha value is -2.20. The molecule has 3 nitrogen and oxygen atoms in total. The van der Waals surface area contributed by atoms with Crippen molar-refractivity contribution in [1.82, 2.24) is 5.32 Å². The highest BCUT2D eigenvalue weighted by Crippen LogP contribution is 2.20. The van der Waals surface area contributed by atoms with Crippen LogP contribution in [0.1, 0.15) is 36.5 Å². The maximum Gasteiger partial charge on any atom is 0.220 e. The fraction of sp³-hybridized carbons (Fsp3) is 0.350. The Balaban J connectivity index is 1.78. The summed E-state index contributed by atoms with van der Waals surface area (Å²) >= 11 is 0. The van der Waals surface area contributed by atoms with E-state index in [2.05, 4.69) is 24.4 Å². The van der Waals surface area contributed by atoms with Crippen molar-refractivity contribution in [1.29, 1.82) is 0 Å².